The van der Waals surface area contributed by atoms with E-state index in [0.717, 1.165) is 31.5 Å². The molecule has 0 bridgehead atoms. The molecule has 1 aliphatic heterocycles. The zero-order valence-corrected chi connectivity index (χ0v) is 15.8. The van der Waals surface area contributed by atoms with Crippen LogP contribution in [0.4, 0.5) is 0 Å². The highest BCUT2D eigenvalue weighted by atomic mass is 127. The third-order valence-electron chi connectivity index (χ3n) is 4.35. The summed E-state index contributed by atoms with van der Waals surface area (Å²) in [5.74, 6) is 0.507. The normalized spacial score (nSPS) is 17.6. The van der Waals surface area contributed by atoms with Gasteiger partial charge < -0.3 is 16.0 Å². The van der Waals surface area contributed by atoms with E-state index in [1.165, 1.54) is 5.56 Å². The van der Waals surface area contributed by atoms with Crippen molar-refractivity contribution in [1.82, 2.24) is 10.6 Å². The molecule has 3 N–H and O–H groups in total. The lowest BCUT2D eigenvalue weighted by Gasteiger charge is -2.23. The molecular weight excluding hydrogens is 401 g/mol. The topological polar surface area (TPSA) is 65.0 Å². The molecule has 0 radical (unpaired) electrons. The summed E-state index contributed by atoms with van der Waals surface area (Å²) in [6.45, 7) is 5.78. The number of piperidine rings is 1. The molecule has 1 aromatic carbocycles. The molecule has 1 amide bonds. The molecule has 1 saturated heterocycles. The van der Waals surface area contributed by atoms with E-state index in [1.54, 1.807) is 6.92 Å². The van der Waals surface area contributed by atoms with Crippen molar-refractivity contribution in [2.75, 3.05) is 13.1 Å². The van der Waals surface area contributed by atoms with Crippen molar-refractivity contribution in [1.29, 1.82) is 5.41 Å². The Kier molecular flexibility index (Phi) is 6.77. The second-order valence-electron chi connectivity index (χ2n) is 6.03. The molecule has 4 nitrogen and oxygen atoms in total. The van der Waals surface area contributed by atoms with E-state index >= 15 is 0 Å². The zero-order chi connectivity index (χ0) is 16.8. The Labute approximate surface area is 151 Å². The van der Waals surface area contributed by atoms with Crippen LogP contribution < -0.4 is 10.6 Å². The van der Waals surface area contributed by atoms with Crippen LogP contribution in [0.1, 0.15) is 48.5 Å². The maximum Gasteiger partial charge on any atom is 0.251 e. The quantitative estimate of drug-likeness (QED) is 0.499. The van der Waals surface area contributed by atoms with Gasteiger partial charge in [-0.25, -0.2) is 0 Å². The average molecular weight is 425 g/mol. The minimum Gasteiger partial charge on any atom is -0.345 e. The third-order valence-corrected chi connectivity index (χ3v) is 5.02. The first-order chi connectivity index (χ1) is 11.0. The fraction of sp³-hybridized carbons (Fsp3) is 0.444. The summed E-state index contributed by atoms with van der Waals surface area (Å²) in [6, 6.07) is 7.80. The van der Waals surface area contributed by atoms with E-state index in [4.69, 9.17) is 5.41 Å². The standard InChI is InChI=1S/C18H24IN3O/c1-12(20)17(11-19)13(2)22-18(23)16-5-3-14(4-6-16)15-7-9-21-10-8-15/h3-6,11,13,15,20-21H,7-10H2,1-2H3,(H,22,23)/b17-11+,20-12?. The first-order valence-corrected chi connectivity index (χ1v) is 9.24. The molecule has 1 fully saturated rings. The van der Waals surface area contributed by atoms with Gasteiger partial charge in [-0.1, -0.05) is 34.7 Å². The second kappa shape index (κ2) is 8.59. The van der Waals surface area contributed by atoms with Crippen LogP contribution in [0.3, 0.4) is 0 Å². The summed E-state index contributed by atoms with van der Waals surface area (Å²) in [7, 11) is 0. The van der Waals surface area contributed by atoms with E-state index in [0.29, 0.717) is 17.2 Å². The lowest BCUT2D eigenvalue weighted by atomic mass is 9.90. The second-order valence-corrected chi connectivity index (χ2v) is 6.65. The minimum atomic E-state index is -0.166. The predicted octanol–water partition coefficient (Wildman–Crippen LogP) is 3.63. The third kappa shape index (κ3) is 4.88. The van der Waals surface area contributed by atoms with Gasteiger partial charge in [0.2, 0.25) is 0 Å². The molecule has 1 unspecified atom stereocenters. The number of benzene rings is 1. The van der Waals surface area contributed by atoms with Crippen LogP contribution in [-0.4, -0.2) is 30.8 Å². The van der Waals surface area contributed by atoms with Gasteiger partial charge in [-0.15, -0.1) is 0 Å². The van der Waals surface area contributed by atoms with Gasteiger partial charge in [-0.2, -0.15) is 0 Å². The highest BCUT2D eigenvalue weighted by Crippen LogP contribution is 2.25. The Balaban J connectivity index is 2.01. The van der Waals surface area contributed by atoms with Gasteiger partial charge in [0.15, 0.2) is 0 Å². The van der Waals surface area contributed by atoms with Gasteiger partial charge in [0.05, 0.1) is 6.04 Å². The predicted molar refractivity (Wildman–Crippen MR) is 104 cm³/mol. The van der Waals surface area contributed by atoms with E-state index in [2.05, 4.69) is 45.4 Å². The van der Waals surface area contributed by atoms with Gasteiger partial charge >= 0.3 is 0 Å². The van der Waals surface area contributed by atoms with Crippen LogP contribution in [0.5, 0.6) is 0 Å². The summed E-state index contributed by atoms with van der Waals surface area (Å²) in [4.78, 5) is 12.4. The summed E-state index contributed by atoms with van der Waals surface area (Å²) in [6.07, 6.45) is 2.32. The minimum absolute atomic E-state index is 0.0913. The smallest absolute Gasteiger partial charge is 0.251 e. The first-order valence-electron chi connectivity index (χ1n) is 8.00. The lowest BCUT2D eigenvalue weighted by molar-refractivity contribution is 0.0946. The Bertz CT molecular complexity index is 589. The molecule has 1 heterocycles. The van der Waals surface area contributed by atoms with E-state index in [-0.39, 0.29) is 11.9 Å². The average Bonchev–Trinajstić information content (AvgIpc) is 2.56. The van der Waals surface area contributed by atoms with Gasteiger partial charge in [0.25, 0.3) is 5.91 Å². The molecule has 1 aliphatic rings. The molecule has 1 aromatic rings. The number of nitrogens with one attached hydrogen (secondary N) is 3. The van der Waals surface area contributed by atoms with Crippen molar-refractivity contribution >= 4 is 34.2 Å². The van der Waals surface area contributed by atoms with Crippen molar-refractivity contribution in [3.05, 3.63) is 45.0 Å². The van der Waals surface area contributed by atoms with Crippen LogP contribution in [0.2, 0.25) is 0 Å². The summed E-state index contributed by atoms with van der Waals surface area (Å²) >= 11 is 2.11. The maximum absolute atomic E-state index is 12.4. The molecule has 5 heteroatoms. The number of halogens is 1. The molecule has 0 spiro atoms. The Morgan fingerprint density at radius 3 is 2.48 bits per heavy atom. The molecule has 0 aromatic heterocycles. The van der Waals surface area contributed by atoms with Gasteiger partial charge in [0.1, 0.15) is 0 Å². The Hall–Kier alpha value is -1.21. The number of hydrogen-bond donors (Lipinski definition) is 3. The highest BCUT2D eigenvalue weighted by molar-refractivity contribution is 14.1. The number of hydrogen-bond acceptors (Lipinski definition) is 3. The van der Waals surface area contributed by atoms with Crippen LogP contribution >= 0.6 is 22.6 Å². The van der Waals surface area contributed by atoms with Crippen LogP contribution in [0.15, 0.2) is 33.9 Å². The first kappa shape index (κ1) is 18.1. The molecule has 23 heavy (non-hydrogen) atoms. The van der Waals surface area contributed by atoms with E-state index < -0.39 is 0 Å². The molecule has 1 atom stereocenters. The highest BCUT2D eigenvalue weighted by Gasteiger charge is 2.17. The number of carbonyl (C=O) groups is 1. The largest absolute Gasteiger partial charge is 0.345 e. The Morgan fingerprint density at radius 1 is 1.35 bits per heavy atom. The van der Waals surface area contributed by atoms with Crippen molar-refractivity contribution < 1.29 is 4.79 Å². The summed E-state index contributed by atoms with van der Waals surface area (Å²) in [5, 5.41) is 14.1. The number of carbonyl (C=O) groups excluding carboxylic acids is 1. The van der Waals surface area contributed by atoms with Crippen LogP contribution in [0.25, 0.3) is 0 Å². The summed E-state index contributed by atoms with van der Waals surface area (Å²) in [5.41, 5.74) is 3.31. The number of amides is 1. The Morgan fingerprint density at radius 2 is 1.96 bits per heavy atom. The maximum atomic E-state index is 12.4. The monoisotopic (exact) mass is 425 g/mol. The molecule has 124 valence electrons. The van der Waals surface area contributed by atoms with Gasteiger partial charge in [-0.05, 0) is 67.5 Å². The van der Waals surface area contributed by atoms with Crippen molar-refractivity contribution in [2.45, 2.75) is 38.6 Å². The molecule has 0 saturated carbocycles. The summed E-state index contributed by atoms with van der Waals surface area (Å²) < 4.78 is 1.85. The van der Waals surface area contributed by atoms with Crippen LogP contribution in [-0.2, 0) is 0 Å². The van der Waals surface area contributed by atoms with E-state index in [1.807, 2.05) is 23.1 Å². The molecular formula is C18H24IN3O. The van der Waals surface area contributed by atoms with Crippen molar-refractivity contribution in [3.63, 3.8) is 0 Å². The number of rotatable bonds is 5. The van der Waals surface area contributed by atoms with Crippen LogP contribution in [0, 0.1) is 5.41 Å². The molecule has 2 rings (SSSR count). The van der Waals surface area contributed by atoms with Crippen molar-refractivity contribution in [3.8, 4) is 0 Å². The van der Waals surface area contributed by atoms with Gasteiger partial charge in [-0.3, -0.25) is 4.79 Å². The van der Waals surface area contributed by atoms with Gasteiger partial charge in [0, 0.05) is 16.8 Å². The fourth-order valence-corrected chi connectivity index (χ4v) is 3.93. The van der Waals surface area contributed by atoms with Crippen molar-refractivity contribution in [2.24, 2.45) is 0 Å². The zero-order valence-electron chi connectivity index (χ0n) is 13.7. The SMILES string of the molecule is CC(=N)/C(=C\I)C(C)NC(=O)c1ccc(C2CCNCC2)cc1. The fourth-order valence-electron chi connectivity index (χ4n) is 2.92. The lowest BCUT2D eigenvalue weighted by Crippen LogP contribution is -2.35. The molecule has 0 aliphatic carbocycles. The van der Waals surface area contributed by atoms with E-state index in [9.17, 15) is 4.79 Å².